The molecule has 5 nitrogen and oxygen atoms in total. The Labute approximate surface area is 206 Å². The van der Waals surface area contributed by atoms with Gasteiger partial charge in [-0.05, 0) is 60.2 Å². The van der Waals surface area contributed by atoms with Crippen molar-refractivity contribution in [3.63, 3.8) is 0 Å². The third kappa shape index (κ3) is 5.49. The summed E-state index contributed by atoms with van der Waals surface area (Å²) >= 11 is 4.96. The van der Waals surface area contributed by atoms with Crippen LogP contribution in [0.3, 0.4) is 0 Å². The first-order valence-electron chi connectivity index (χ1n) is 10.3. The number of rotatable bonds is 6. The number of nitrogens with zero attached hydrogens (tertiary/aromatic N) is 2. The summed E-state index contributed by atoms with van der Waals surface area (Å²) in [5, 5.41) is 0.640. The van der Waals surface area contributed by atoms with Crippen LogP contribution in [-0.4, -0.2) is 30.1 Å². The minimum atomic E-state index is -0.0962. The second-order valence-electron chi connectivity index (χ2n) is 7.50. The number of hydrogen-bond donors (Lipinski definition) is 0. The minimum absolute atomic E-state index is 0.0962. The first-order valence-corrected chi connectivity index (χ1v) is 11.9. The Hall–Kier alpha value is -3.03. The molecule has 1 saturated heterocycles. The Morgan fingerprint density at radius 2 is 1.79 bits per heavy atom. The zero-order valence-electron chi connectivity index (χ0n) is 18.5. The number of benzene rings is 3. The van der Waals surface area contributed by atoms with Crippen LogP contribution in [0.25, 0.3) is 6.08 Å². The number of halogens is 1. The topological polar surface area (TPSA) is 51.1 Å². The van der Waals surface area contributed by atoms with Crippen molar-refractivity contribution in [2.24, 2.45) is 4.99 Å². The molecular formula is C26H23BrN2O3S. The zero-order chi connectivity index (χ0) is 23.4. The number of hydrogen-bond acceptors (Lipinski definition) is 5. The van der Waals surface area contributed by atoms with Gasteiger partial charge in [0.25, 0.3) is 5.91 Å². The Bertz CT molecular complexity index is 1220. The van der Waals surface area contributed by atoms with Crippen molar-refractivity contribution < 1.29 is 14.3 Å². The van der Waals surface area contributed by atoms with Crippen LogP contribution >= 0.6 is 27.7 Å². The molecule has 7 heteroatoms. The predicted octanol–water partition coefficient (Wildman–Crippen LogP) is 6.58. The van der Waals surface area contributed by atoms with Crippen molar-refractivity contribution in [2.75, 3.05) is 14.2 Å². The lowest BCUT2D eigenvalue weighted by Gasteiger charge is -2.13. The van der Waals surface area contributed by atoms with Gasteiger partial charge in [0.1, 0.15) is 6.61 Å². The van der Waals surface area contributed by atoms with Gasteiger partial charge < -0.3 is 9.47 Å². The van der Waals surface area contributed by atoms with Gasteiger partial charge in [-0.1, -0.05) is 64.0 Å². The van der Waals surface area contributed by atoms with Gasteiger partial charge in [-0.15, -0.1) is 0 Å². The van der Waals surface area contributed by atoms with E-state index in [4.69, 9.17) is 9.47 Å². The van der Waals surface area contributed by atoms with E-state index in [1.807, 2.05) is 79.7 Å². The fourth-order valence-electron chi connectivity index (χ4n) is 3.19. The maximum atomic E-state index is 12.8. The number of ether oxygens (including phenoxy) is 2. The van der Waals surface area contributed by atoms with Crippen LogP contribution in [0.1, 0.15) is 16.7 Å². The Balaban J connectivity index is 1.57. The highest BCUT2D eigenvalue weighted by atomic mass is 79.9. The molecule has 33 heavy (non-hydrogen) atoms. The van der Waals surface area contributed by atoms with Gasteiger partial charge in [0.05, 0.1) is 17.7 Å². The van der Waals surface area contributed by atoms with Crippen LogP contribution in [0.15, 0.2) is 81.1 Å². The Kier molecular flexibility index (Phi) is 7.20. The number of amides is 1. The van der Waals surface area contributed by atoms with E-state index in [0.29, 0.717) is 28.2 Å². The highest BCUT2D eigenvalue weighted by molar-refractivity contribution is 9.10. The lowest BCUT2D eigenvalue weighted by Crippen LogP contribution is -2.23. The molecule has 1 heterocycles. The normalized spacial score (nSPS) is 16.0. The zero-order valence-corrected chi connectivity index (χ0v) is 20.9. The van der Waals surface area contributed by atoms with E-state index in [9.17, 15) is 4.79 Å². The fraction of sp³-hybridized carbons (Fsp3) is 0.154. The molecule has 3 aromatic carbocycles. The first-order chi connectivity index (χ1) is 15.9. The molecule has 0 aliphatic carbocycles. The van der Waals surface area contributed by atoms with Crippen molar-refractivity contribution >= 4 is 50.5 Å². The van der Waals surface area contributed by atoms with Crippen LogP contribution in [0.4, 0.5) is 5.69 Å². The molecule has 1 aliphatic rings. The minimum Gasteiger partial charge on any atom is -0.493 e. The molecule has 0 N–H and O–H groups in total. The van der Waals surface area contributed by atoms with E-state index < -0.39 is 0 Å². The Morgan fingerprint density at radius 1 is 1.06 bits per heavy atom. The van der Waals surface area contributed by atoms with E-state index in [2.05, 4.69) is 20.9 Å². The van der Waals surface area contributed by atoms with Crippen molar-refractivity contribution in [3.8, 4) is 11.5 Å². The molecule has 0 saturated carbocycles. The lowest BCUT2D eigenvalue weighted by atomic mass is 10.1. The molecule has 0 spiro atoms. The molecule has 4 rings (SSSR count). The van der Waals surface area contributed by atoms with E-state index in [0.717, 1.165) is 26.9 Å². The highest BCUT2D eigenvalue weighted by Gasteiger charge is 2.30. The molecule has 3 aromatic rings. The van der Waals surface area contributed by atoms with Crippen molar-refractivity contribution in [2.45, 2.75) is 13.5 Å². The average molecular weight is 523 g/mol. The maximum Gasteiger partial charge on any atom is 0.266 e. The quantitative estimate of drug-likeness (QED) is 0.343. The van der Waals surface area contributed by atoms with Crippen LogP contribution < -0.4 is 9.47 Å². The number of methoxy groups -OCH3 is 1. The highest BCUT2D eigenvalue weighted by Crippen LogP contribution is 2.38. The number of thioether (sulfide) groups is 1. The van der Waals surface area contributed by atoms with E-state index >= 15 is 0 Å². The summed E-state index contributed by atoms with van der Waals surface area (Å²) in [4.78, 5) is 19.6. The van der Waals surface area contributed by atoms with Gasteiger partial charge in [-0.2, -0.15) is 0 Å². The summed E-state index contributed by atoms with van der Waals surface area (Å²) < 4.78 is 12.3. The van der Waals surface area contributed by atoms with Gasteiger partial charge in [0.2, 0.25) is 0 Å². The third-order valence-corrected chi connectivity index (χ3v) is 6.82. The maximum absolute atomic E-state index is 12.8. The Morgan fingerprint density at radius 3 is 2.48 bits per heavy atom. The summed E-state index contributed by atoms with van der Waals surface area (Å²) in [6.07, 6.45) is 1.84. The van der Waals surface area contributed by atoms with Crippen LogP contribution in [0.2, 0.25) is 0 Å². The smallest absolute Gasteiger partial charge is 0.266 e. The number of carbonyl (C=O) groups excluding carboxylic acids is 1. The van der Waals surface area contributed by atoms with Gasteiger partial charge in [-0.25, -0.2) is 4.99 Å². The molecule has 1 amide bonds. The second-order valence-corrected chi connectivity index (χ2v) is 9.37. The molecular weight excluding hydrogens is 500 g/mol. The van der Waals surface area contributed by atoms with Crippen molar-refractivity contribution in [3.05, 3.63) is 92.8 Å². The third-order valence-electron chi connectivity index (χ3n) is 5.07. The SMILES string of the molecule is COc1cc(/C=C2/SC(=Nc3ccc(C)cc3)N(C)C2=O)c(Br)cc1OCc1ccccc1. The second kappa shape index (κ2) is 10.3. The molecule has 1 aliphatic heterocycles. The lowest BCUT2D eigenvalue weighted by molar-refractivity contribution is -0.121. The molecule has 0 unspecified atom stereocenters. The van der Waals surface area contributed by atoms with Gasteiger partial charge >= 0.3 is 0 Å². The molecule has 0 atom stereocenters. The molecule has 1 fully saturated rings. The number of amidine groups is 1. The van der Waals surface area contributed by atoms with E-state index in [-0.39, 0.29) is 5.91 Å². The summed E-state index contributed by atoms with van der Waals surface area (Å²) in [7, 11) is 3.34. The summed E-state index contributed by atoms with van der Waals surface area (Å²) in [5.74, 6) is 1.12. The van der Waals surface area contributed by atoms with Crippen LogP contribution in [0.5, 0.6) is 11.5 Å². The summed E-state index contributed by atoms with van der Waals surface area (Å²) in [6.45, 7) is 2.46. The number of aliphatic imine (C=N–C) groups is 1. The van der Waals surface area contributed by atoms with Gasteiger partial charge in [0, 0.05) is 11.5 Å². The van der Waals surface area contributed by atoms with Crippen molar-refractivity contribution in [1.82, 2.24) is 4.90 Å². The van der Waals surface area contributed by atoms with Gasteiger partial charge in [0.15, 0.2) is 16.7 Å². The number of likely N-dealkylation sites (N-methyl/N-ethyl adjacent to an activating group) is 1. The largest absolute Gasteiger partial charge is 0.493 e. The first kappa shape index (κ1) is 23.1. The summed E-state index contributed by atoms with van der Waals surface area (Å²) in [5.41, 5.74) is 3.86. The standard InChI is InChI=1S/C26H23BrN2O3S/c1-17-9-11-20(12-10-17)28-26-29(2)25(30)24(33-26)14-19-13-22(31-3)23(15-21(19)27)32-16-18-7-5-4-6-8-18/h4-15H,16H2,1-3H3/b24-14+,28-26?. The van der Waals surface area contributed by atoms with Crippen LogP contribution in [0, 0.1) is 6.92 Å². The average Bonchev–Trinajstić information content (AvgIpc) is 3.08. The molecule has 0 radical (unpaired) electrons. The van der Waals surface area contributed by atoms with E-state index in [1.54, 1.807) is 19.1 Å². The molecule has 0 aromatic heterocycles. The number of carbonyl (C=O) groups is 1. The van der Waals surface area contributed by atoms with E-state index in [1.165, 1.54) is 11.8 Å². The number of aryl methyl sites for hydroxylation is 1. The van der Waals surface area contributed by atoms with Crippen molar-refractivity contribution in [1.29, 1.82) is 0 Å². The summed E-state index contributed by atoms with van der Waals surface area (Å²) in [6, 6.07) is 21.6. The monoisotopic (exact) mass is 522 g/mol. The molecule has 168 valence electrons. The predicted molar refractivity (Wildman–Crippen MR) is 138 cm³/mol. The fourth-order valence-corrected chi connectivity index (χ4v) is 4.61. The van der Waals surface area contributed by atoms with Gasteiger partial charge in [-0.3, -0.25) is 9.69 Å². The van der Waals surface area contributed by atoms with Crippen LogP contribution in [-0.2, 0) is 11.4 Å². The molecule has 0 bridgehead atoms.